The van der Waals surface area contributed by atoms with Crippen LogP contribution in [0.25, 0.3) is 0 Å². The van der Waals surface area contributed by atoms with Crippen molar-refractivity contribution >= 4 is 17.2 Å². The highest BCUT2D eigenvalue weighted by molar-refractivity contribution is 7.80. The first kappa shape index (κ1) is 15.8. The number of rotatable bonds is 6. The maximum atomic E-state index is 13.3. The highest BCUT2D eigenvalue weighted by Crippen LogP contribution is 2.21. The van der Waals surface area contributed by atoms with Gasteiger partial charge in [-0.2, -0.15) is 13.2 Å². The molecule has 19 heavy (non-hydrogen) atoms. The second-order valence-electron chi connectivity index (χ2n) is 3.95. The molecule has 0 aliphatic heterocycles. The smallest absolute Gasteiger partial charge is 0.389 e. The van der Waals surface area contributed by atoms with Gasteiger partial charge < -0.3 is 10.5 Å². The van der Waals surface area contributed by atoms with Gasteiger partial charge in [0.25, 0.3) is 0 Å². The van der Waals surface area contributed by atoms with E-state index in [9.17, 15) is 17.6 Å². The van der Waals surface area contributed by atoms with Gasteiger partial charge in [-0.1, -0.05) is 18.3 Å². The summed E-state index contributed by atoms with van der Waals surface area (Å²) in [6.45, 7) is 0.0764. The van der Waals surface area contributed by atoms with Crippen molar-refractivity contribution < 1.29 is 22.3 Å². The second-order valence-corrected chi connectivity index (χ2v) is 4.39. The van der Waals surface area contributed by atoms with Crippen molar-refractivity contribution in [1.29, 1.82) is 0 Å². The van der Waals surface area contributed by atoms with Gasteiger partial charge in [-0.3, -0.25) is 0 Å². The maximum Gasteiger partial charge on any atom is 0.389 e. The molecule has 1 rings (SSSR count). The average molecular weight is 295 g/mol. The van der Waals surface area contributed by atoms with Gasteiger partial charge in [0.2, 0.25) is 0 Å². The summed E-state index contributed by atoms with van der Waals surface area (Å²) in [5.74, 6) is -0.534. The summed E-state index contributed by atoms with van der Waals surface area (Å²) in [7, 11) is 0. The molecule has 0 saturated carbocycles. The summed E-state index contributed by atoms with van der Waals surface area (Å²) in [5.41, 5.74) is 6.04. The van der Waals surface area contributed by atoms with Crippen LogP contribution in [0.4, 0.5) is 17.6 Å². The molecule has 0 fully saturated rings. The number of ether oxygens (including phenoxy) is 1. The fraction of sp³-hybridized carbons (Fsp3) is 0.417. The zero-order valence-corrected chi connectivity index (χ0v) is 10.8. The van der Waals surface area contributed by atoms with Crippen molar-refractivity contribution in [2.24, 2.45) is 5.73 Å². The number of hydrogen-bond donors (Lipinski definition) is 1. The van der Waals surface area contributed by atoms with Gasteiger partial charge in [0.15, 0.2) is 0 Å². The van der Waals surface area contributed by atoms with Crippen molar-refractivity contribution in [2.45, 2.75) is 25.6 Å². The third-order valence-electron chi connectivity index (χ3n) is 2.31. The quantitative estimate of drug-likeness (QED) is 0.497. The Morgan fingerprint density at radius 3 is 2.58 bits per heavy atom. The SMILES string of the molecule is NC(=S)c1cc(COCCCC(F)(F)F)ccc1F. The van der Waals surface area contributed by atoms with E-state index in [0.717, 1.165) is 0 Å². The molecule has 0 aliphatic rings. The summed E-state index contributed by atoms with van der Waals surface area (Å²) in [5, 5.41) is 0. The lowest BCUT2D eigenvalue weighted by Gasteiger charge is -2.08. The van der Waals surface area contributed by atoms with Crippen LogP contribution in [-0.2, 0) is 11.3 Å². The van der Waals surface area contributed by atoms with Crippen LogP contribution in [0, 0.1) is 5.82 Å². The molecule has 1 aromatic rings. The lowest BCUT2D eigenvalue weighted by molar-refractivity contribution is -0.138. The number of benzene rings is 1. The van der Waals surface area contributed by atoms with Gasteiger partial charge in [0.05, 0.1) is 6.61 Å². The summed E-state index contributed by atoms with van der Waals surface area (Å²) >= 11 is 4.68. The molecule has 0 aliphatic carbocycles. The lowest BCUT2D eigenvalue weighted by atomic mass is 10.1. The Labute approximate surface area is 113 Å². The predicted octanol–water partition coefficient (Wildman–Crippen LogP) is 3.32. The maximum absolute atomic E-state index is 13.3. The molecule has 0 atom stereocenters. The van der Waals surface area contributed by atoms with Gasteiger partial charge in [-0.15, -0.1) is 0 Å². The molecule has 0 bridgehead atoms. The molecule has 0 spiro atoms. The minimum absolute atomic E-state index is 0.0146. The molecule has 0 radical (unpaired) electrons. The van der Waals surface area contributed by atoms with E-state index in [4.69, 9.17) is 10.5 Å². The average Bonchev–Trinajstić information content (AvgIpc) is 2.29. The summed E-state index contributed by atoms with van der Waals surface area (Å²) in [4.78, 5) is -0.0728. The third kappa shape index (κ3) is 5.98. The molecular formula is C12H13F4NOS. The van der Waals surface area contributed by atoms with Crippen molar-refractivity contribution in [1.82, 2.24) is 0 Å². The number of alkyl halides is 3. The lowest BCUT2D eigenvalue weighted by Crippen LogP contribution is -2.12. The largest absolute Gasteiger partial charge is 0.389 e. The van der Waals surface area contributed by atoms with E-state index >= 15 is 0 Å². The van der Waals surface area contributed by atoms with Gasteiger partial charge in [0.1, 0.15) is 10.8 Å². The summed E-state index contributed by atoms with van der Waals surface area (Å²) in [6.07, 6.45) is -5.15. The van der Waals surface area contributed by atoms with Crippen molar-refractivity contribution in [2.75, 3.05) is 6.61 Å². The Kier molecular flexibility index (Phi) is 5.68. The minimum atomic E-state index is -4.17. The zero-order chi connectivity index (χ0) is 14.5. The molecule has 0 heterocycles. The Bertz CT molecular complexity index is 448. The number of nitrogens with two attached hydrogens (primary N) is 1. The fourth-order valence-corrected chi connectivity index (χ4v) is 1.57. The fourth-order valence-electron chi connectivity index (χ4n) is 1.42. The van der Waals surface area contributed by atoms with Crippen LogP contribution in [0.15, 0.2) is 18.2 Å². The van der Waals surface area contributed by atoms with Crippen LogP contribution in [-0.4, -0.2) is 17.8 Å². The van der Waals surface area contributed by atoms with Crippen LogP contribution in [0.3, 0.4) is 0 Å². The van der Waals surface area contributed by atoms with Crippen molar-refractivity contribution in [3.63, 3.8) is 0 Å². The first-order chi connectivity index (χ1) is 8.79. The van der Waals surface area contributed by atoms with Crippen molar-refractivity contribution in [3.8, 4) is 0 Å². The molecule has 7 heteroatoms. The molecule has 2 nitrogen and oxygen atoms in total. The molecule has 0 unspecified atom stereocenters. The van der Waals surface area contributed by atoms with Crippen LogP contribution in [0.1, 0.15) is 24.0 Å². The van der Waals surface area contributed by atoms with E-state index in [1.165, 1.54) is 18.2 Å². The molecule has 2 N–H and O–H groups in total. The van der Waals surface area contributed by atoms with E-state index in [0.29, 0.717) is 5.56 Å². The van der Waals surface area contributed by atoms with E-state index < -0.39 is 18.4 Å². The molecule has 1 aromatic carbocycles. The van der Waals surface area contributed by atoms with Gasteiger partial charge >= 0.3 is 6.18 Å². The number of thiocarbonyl (C=S) groups is 1. The first-order valence-corrected chi connectivity index (χ1v) is 5.93. The Morgan fingerprint density at radius 2 is 2.00 bits per heavy atom. The molecule has 0 amide bonds. The third-order valence-corrected chi connectivity index (χ3v) is 2.53. The summed E-state index contributed by atoms with van der Waals surface area (Å²) < 4.78 is 53.9. The Hall–Kier alpha value is -1.21. The number of hydrogen-bond acceptors (Lipinski definition) is 2. The van der Waals surface area contributed by atoms with E-state index in [1.54, 1.807) is 0 Å². The minimum Gasteiger partial charge on any atom is -0.389 e. The predicted molar refractivity (Wildman–Crippen MR) is 67.2 cm³/mol. The standard InChI is InChI=1S/C12H13F4NOS/c13-10-3-2-8(6-9(10)11(17)19)7-18-5-1-4-12(14,15)16/h2-3,6H,1,4-5,7H2,(H2,17,19). The van der Waals surface area contributed by atoms with Crippen LogP contribution >= 0.6 is 12.2 Å². The zero-order valence-electron chi connectivity index (χ0n) is 9.97. The summed E-state index contributed by atoms with van der Waals surface area (Å²) in [6, 6.07) is 4.10. The molecule has 0 aromatic heterocycles. The van der Waals surface area contributed by atoms with Gasteiger partial charge in [-0.25, -0.2) is 4.39 Å². The second kappa shape index (κ2) is 6.81. The number of halogens is 4. The monoisotopic (exact) mass is 295 g/mol. The highest BCUT2D eigenvalue weighted by atomic mass is 32.1. The van der Waals surface area contributed by atoms with Crippen molar-refractivity contribution in [3.05, 3.63) is 35.1 Å². The van der Waals surface area contributed by atoms with Gasteiger partial charge in [0, 0.05) is 18.6 Å². The molecular weight excluding hydrogens is 282 g/mol. The van der Waals surface area contributed by atoms with E-state index in [-0.39, 0.29) is 30.2 Å². The topological polar surface area (TPSA) is 35.2 Å². The Morgan fingerprint density at radius 1 is 1.32 bits per heavy atom. The first-order valence-electron chi connectivity index (χ1n) is 5.52. The van der Waals surface area contributed by atoms with Crippen LogP contribution in [0.2, 0.25) is 0 Å². The molecule has 0 saturated heterocycles. The van der Waals surface area contributed by atoms with E-state index in [1.807, 2.05) is 0 Å². The molecule has 106 valence electrons. The highest BCUT2D eigenvalue weighted by Gasteiger charge is 2.25. The van der Waals surface area contributed by atoms with E-state index in [2.05, 4.69) is 12.2 Å². The van der Waals surface area contributed by atoms with Crippen LogP contribution < -0.4 is 5.73 Å². The normalized spacial score (nSPS) is 11.6. The van der Waals surface area contributed by atoms with Crippen LogP contribution in [0.5, 0.6) is 0 Å². The Balaban J connectivity index is 2.42. The van der Waals surface area contributed by atoms with Gasteiger partial charge in [-0.05, 0) is 24.1 Å².